The Morgan fingerprint density at radius 2 is 2.24 bits per heavy atom. The fourth-order valence-corrected chi connectivity index (χ4v) is 3.67. The summed E-state index contributed by atoms with van der Waals surface area (Å²) in [6.45, 7) is 1.75. The summed E-state index contributed by atoms with van der Waals surface area (Å²) in [5.41, 5.74) is 0.665. The number of thioether (sulfide) groups is 1. The van der Waals surface area contributed by atoms with Crippen LogP contribution in [0.2, 0.25) is 0 Å². The van der Waals surface area contributed by atoms with Gasteiger partial charge in [0.05, 0.1) is 6.54 Å². The standard InChI is InChI=1S/C17H21FN4O2S/c1-25-11-12-3-2-8-22(10-12)17(23)19-9-15-20-16(21-24-15)13-4-6-14(18)7-5-13/h4-7,12H,2-3,8-11H2,1H3,(H,19,23)/t12-/m1/s1. The third-order valence-corrected chi connectivity index (χ3v) is 4.97. The van der Waals surface area contributed by atoms with Crippen LogP contribution >= 0.6 is 11.8 Å². The molecule has 0 saturated carbocycles. The molecule has 2 aromatic rings. The van der Waals surface area contributed by atoms with E-state index in [4.69, 9.17) is 4.52 Å². The molecule has 2 amide bonds. The van der Waals surface area contributed by atoms with Crippen molar-refractivity contribution in [3.05, 3.63) is 36.0 Å². The van der Waals surface area contributed by atoms with Crippen LogP contribution in [0.15, 0.2) is 28.8 Å². The highest BCUT2D eigenvalue weighted by atomic mass is 32.2. The third-order valence-electron chi connectivity index (χ3n) is 4.17. The van der Waals surface area contributed by atoms with E-state index in [1.165, 1.54) is 18.6 Å². The summed E-state index contributed by atoms with van der Waals surface area (Å²) in [6.07, 6.45) is 4.30. The molecule has 1 atom stereocenters. The Kier molecular flexibility index (Phi) is 5.91. The molecule has 0 radical (unpaired) electrons. The maximum atomic E-state index is 13.0. The number of nitrogens with one attached hydrogen (secondary N) is 1. The molecule has 25 heavy (non-hydrogen) atoms. The van der Waals surface area contributed by atoms with E-state index in [1.54, 1.807) is 12.1 Å². The second-order valence-electron chi connectivity index (χ2n) is 6.09. The SMILES string of the molecule is CSC[C@@H]1CCCN(C(=O)NCc2nc(-c3ccc(F)cc3)no2)C1. The van der Waals surface area contributed by atoms with Crippen LogP contribution in [0, 0.1) is 11.7 Å². The van der Waals surface area contributed by atoms with Crippen LogP contribution in [-0.4, -0.2) is 46.2 Å². The van der Waals surface area contributed by atoms with E-state index in [1.807, 2.05) is 16.7 Å². The van der Waals surface area contributed by atoms with E-state index in [2.05, 4.69) is 21.7 Å². The lowest BCUT2D eigenvalue weighted by Gasteiger charge is -2.32. The molecule has 2 heterocycles. The first-order valence-corrected chi connectivity index (χ1v) is 9.65. The van der Waals surface area contributed by atoms with Gasteiger partial charge in [-0.25, -0.2) is 9.18 Å². The van der Waals surface area contributed by atoms with Crippen LogP contribution in [0.4, 0.5) is 9.18 Å². The van der Waals surface area contributed by atoms with E-state index < -0.39 is 0 Å². The van der Waals surface area contributed by atoms with Crippen molar-refractivity contribution in [2.45, 2.75) is 19.4 Å². The number of nitrogens with zero attached hydrogens (tertiary/aromatic N) is 3. The molecule has 1 saturated heterocycles. The Hall–Kier alpha value is -2.09. The zero-order valence-electron chi connectivity index (χ0n) is 14.1. The Labute approximate surface area is 150 Å². The predicted octanol–water partition coefficient (Wildman–Crippen LogP) is 3.16. The summed E-state index contributed by atoms with van der Waals surface area (Å²) in [6, 6.07) is 5.75. The number of benzene rings is 1. The Bertz CT molecular complexity index is 705. The minimum absolute atomic E-state index is 0.104. The van der Waals surface area contributed by atoms with Crippen molar-refractivity contribution < 1.29 is 13.7 Å². The Balaban J connectivity index is 1.53. The van der Waals surface area contributed by atoms with Crippen LogP contribution in [0.5, 0.6) is 0 Å². The molecular weight excluding hydrogens is 343 g/mol. The molecule has 1 aliphatic rings. The number of carbonyl (C=O) groups excluding carboxylic acids is 1. The van der Waals surface area contributed by atoms with Crippen molar-refractivity contribution in [2.24, 2.45) is 5.92 Å². The van der Waals surface area contributed by atoms with Gasteiger partial charge in [0, 0.05) is 18.7 Å². The lowest BCUT2D eigenvalue weighted by molar-refractivity contribution is 0.169. The third kappa shape index (κ3) is 4.72. The highest BCUT2D eigenvalue weighted by Gasteiger charge is 2.23. The van der Waals surface area contributed by atoms with Gasteiger partial charge in [-0.1, -0.05) is 5.16 Å². The lowest BCUT2D eigenvalue weighted by Crippen LogP contribution is -2.45. The van der Waals surface area contributed by atoms with Gasteiger partial charge in [0.15, 0.2) is 0 Å². The van der Waals surface area contributed by atoms with Gasteiger partial charge >= 0.3 is 6.03 Å². The minimum Gasteiger partial charge on any atom is -0.337 e. The summed E-state index contributed by atoms with van der Waals surface area (Å²) >= 11 is 1.82. The number of piperidine rings is 1. The quantitative estimate of drug-likeness (QED) is 0.882. The molecule has 0 aliphatic carbocycles. The normalized spacial score (nSPS) is 17.5. The molecule has 0 bridgehead atoms. The Morgan fingerprint density at radius 1 is 1.44 bits per heavy atom. The van der Waals surface area contributed by atoms with E-state index in [0.29, 0.717) is 23.2 Å². The van der Waals surface area contributed by atoms with Gasteiger partial charge in [-0.3, -0.25) is 0 Å². The molecule has 1 aromatic carbocycles. The average Bonchev–Trinajstić information content (AvgIpc) is 3.10. The number of rotatable bonds is 5. The largest absolute Gasteiger partial charge is 0.337 e. The smallest absolute Gasteiger partial charge is 0.317 e. The van der Waals surface area contributed by atoms with Crippen LogP contribution in [0.1, 0.15) is 18.7 Å². The number of likely N-dealkylation sites (tertiary alicyclic amines) is 1. The first-order valence-electron chi connectivity index (χ1n) is 8.26. The van der Waals surface area contributed by atoms with Crippen LogP contribution in [0.3, 0.4) is 0 Å². The van der Waals surface area contributed by atoms with Gasteiger partial charge in [-0.05, 0) is 55.0 Å². The van der Waals surface area contributed by atoms with Crippen LogP contribution in [0.25, 0.3) is 11.4 Å². The van der Waals surface area contributed by atoms with Gasteiger partial charge in [0.1, 0.15) is 5.82 Å². The van der Waals surface area contributed by atoms with Crippen molar-refractivity contribution in [1.82, 2.24) is 20.4 Å². The number of aromatic nitrogens is 2. The molecule has 1 aromatic heterocycles. The molecular formula is C17H21FN4O2S. The first kappa shape index (κ1) is 17.7. The lowest BCUT2D eigenvalue weighted by atomic mass is 10.0. The molecule has 0 spiro atoms. The average molecular weight is 364 g/mol. The molecule has 1 N–H and O–H groups in total. The number of hydrogen-bond acceptors (Lipinski definition) is 5. The van der Waals surface area contributed by atoms with E-state index >= 15 is 0 Å². The molecule has 1 aliphatic heterocycles. The maximum Gasteiger partial charge on any atom is 0.317 e. The molecule has 1 fully saturated rings. The van der Waals surface area contributed by atoms with E-state index in [-0.39, 0.29) is 18.4 Å². The number of halogens is 1. The van der Waals surface area contributed by atoms with Crippen molar-refractivity contribution in [3.63, 3.8) is 0 Å². The molecule has 3 rings (SSSR count). The predicted molar refractivity (Wildman–Crippen MR) is 94.6 cm³/mol. The van der Waals surface area contributed by atoms with Gasteiger partial charge in [0.25, 0.3) is 0 Å². The highest BCUT2D eigenvalue weighted by Crippen LogP contribution is 2.20. The van der Waals surface area contributed by atoms with Gasteiger partial charge in [-0.2, -0.15) is 16.7 Å². The summed E-state index contributed by atoms with van der Waals surface area (Å²) in [5, 5.41) is 6.70. The van der Waals surface area contributed by atoms with Gasteiger partial charge < -0.3 is 14.7 Å². The zero-order chi connectivity index (χ0) is 17.6. The fraction of sp³-hybridized carbons (Fsp3) is 0.471. The number of urea groups is 1. The number of carbonyl (C=O) groups is 1. The maximum absolute atomic E-state index is 13.0. The number of hydrogen-bond donors (Lipinski definition) is 1. The summed E-state index contributed by atoms with van der Waals surface area (Å²) in [4.78, 5) is 18.4. The molecule has 6 nitrogen and oxygen atoms in total. The highest BCUT2D eigenvalue weighted by molar-refractivity contribution is 7.98. The number of amides is 2. The van der Waals surface area contributed by atoms with Crippen molar-refractivity contribution >= 4 is 17.8 Å². The first-order chi connectivity index (χ1) is 12.2. The van der Waals surface area contributed by atoms with Crippen LogP contribution in [-0.2, 0) is 6.54 Å². The topological polar surface area (TPSA) is 71.3 Å². The van der Waals surface area contributed by atoms with E-state index in [0.717, 1.165) is 25.3 Å². The molecule has 8 heteroatoms. The molecule has 134 valence electrons. The van der Waals surface area contributed by atoms with Crippen molar-refractivity contribution in [3.8, 4) is 11.4 Å². The van der Waals surface area contributed by atoms with E-state index in [9.17, 15) is 9.18 Å². The van der Waals surface area contributed by atoms with Gasteiger partial charge in [0.2, 0.25) is 11.7 Å². The zero-order valence-corrected chi connectivity index (χ0v) is 14.9. The minimum atomic E-state index is -0.318. The molecule has 0 unspecified atom stereocenters. The second kappa shape index (κ2) is 8.33. The summed E-state index contributed by atoms with van der Waals surface area (Å²) in [7, 11) is 0. The summed E-state index contributed by atoms with van der Waals surface area (Å²) < 4.78 is 18.1. The second-order valence-corrected chi connectivity index (χ2v) is 7.00. The van der Waals surface area contributed by atoms with Crippen LogP contribution < -0.4 is 5.32 Å². The van der Waals surface area contributed by atoms with Gasteiger partial charge in [-0.15, -0.1) is 0 Å². The summed E-state index contributed by atoms with van der Waals surface area (Å²) in [5.74, 6) is 2.02. The van der Waals surface area contributed by atoms with Crippen molar-refractivity contribution in [1.29, 1.82) is 0 Å². The monoisotopic (exact) mass is 364 g/mol. The van der Waals surface area contributed by atoms with Crippen molar-refractivity contribution in [2.75, 3.05) is 25.1 Å². The fourth-order valence-electron chi connectivity index (χ4n) is 2.93. The Morgan fingerprint density at radius 3 is 3.00 bits per heavy atom.